The summed E-state index contributed by atoms with van der Waals surface area (Å²) in [5.41, 5.74) is -3.30. The van der Waals surface area contributed by atoms with Gasteiger partial charge in [-0.3, -0.25) is 9.13 Å². The van der Waals surface area contributed by atoms with Gasteiger partial charge in [0.25, 0.3) is 0 Å². The Morgan fingerprint density at radius 2 is 0.817 bits per heavy atom. The zero-order valence-corrected chi connectivity index (χ0v) is 48.1. The number of rotatable bonds is 16. The number of hydrogen-bond acceptors (Lipinski definition) is 16. The van der Waals surface area contributed by atoms with Crippen molar-refractivity contribution in [3.63, 3.8) is 0 Å². The number of piperidine rings is 2. The Kier molecular flexibility index (Phi) is 22.8. The van der Waals surface area contributed by atoms with E-state index in [2.05, 4.69) is 39.7 Å². The molecule has 0 amide bonds. The number of quaternary nitrogens is 2. The molecule has 8 rings (SSSR count). The molecule has 4 fully saturated rings. The molecule has 0 unspecified atom stereocenters. The number of piperazine rings is 2. The van der Waals surface area contributed by atoms with Crippen LogP contribution in [0.3, 0.4) is 0 Å². The van der Waals surface area contributed by atoms with Crippen LogP contribution in [0.4, 0.5) is 49.6 Å². The third kappa shape index (κ3) is 20.0. The van der Waals surface area contributed by atoms with Gasteiger partial charge in [0.1, 0.15) is 46.3 Å². The van der Waals surface area contributed by atoms with Crippen LogP contribution in [0.5, 0.6) is 0 Å². The van der Waals surface area contributed by atoms with Crippen molar-refractivity contribution in [1.82, 2.24) is 39.0 Å². The predicted octanol–water partition coefficient (Wildman–Crippen LogP) is 2.09. The van der Waals surface area contributed by atoms with Crippen LogP contribution in [-0.2, 0) is 45.9 Å². The molecule has 0 aromatic carbocycles. The fourth-order valence-corrected chi connectivity index (χ4v) is 9.99. The predicted molar refractivity (Wildman–Crippen MR) is 294 cm³/mol. The van der Waals surface area contributed by atoms with E-state index in [0.717, 1.165) is 141 Å². The lowest BCUT2D eigenvalue weighted by molar-refractivity contribution is -0.900. The fraction of sp³-hybridized carbons (Fsp3) is 0.643. The summed E-state index contributed by atoms with van der Waals surface area (Å²) in [6, 6.07) is 6.03. The number of carbonyl (C=O) groups is 2. The summed E-state index contributed by atoms with van der Waals surface area (Å²) >= 11 is 0. The summed E-state index contributed by atoms with van der Waals surface area (Å²) in [6.45, 7) is 23.9. The quantitative estimate of drug-likeness (QED) is 0.0932. The van der Waals surface area contributed by atoms with Crippen molar-refractivity contribution in [3.05, 3.63) is 92.8 Å². The number of aromatic nitrogens is 8. The molecule has 8 heterocycles. The van der Waals surface area contributed by atoms with E-state index in [1.807, 2.05) is 75.9 Å². The Hall–Kier alpha value is -6.70. The number of aliphatic carboxylic acids is 2. The SMILES string of the molecule is CC(C)(C)c1nc(N2CC[NH+](CCCCn3ccc(N4CCCCC4)nc3=O)CC2)cc(C(F)(F)F)n1.CC(C)(C)c1nc(N2CC[NH+](CCCCn3ccc(N4CCCCC4)nc3=O)CC2)cc(C(F)(F)F)n1.O=C([O-])/C=C/C(=O)[O-]. The Morgan fingerprint density at radius 1 is 0.488 bits per heavy atom. The molecular weight excluding hydrogens is 1080 g/mol. The van der Waals surface area contributed by atoms with Gasteiger partial charge in [0.15, 0.2) is 0 Å². The maximum absolute atomic E-state index is 13.5. The number of nitrogens with zero attached hydrogens (tertiary/aromatic N) is 12. The van der Waals surface area contributed by atoms with E-state index in [4.69, 9.17) is 0 Å². The van der Waals surface area contributed by atoms with Crippen LogP contribution < -0.4 is 51.0 Å². The van der Waals surface area contributed by atoms with Gasteiger partial charge >= 0.3 is 23.7 Å². The Morgan fingerprint density at radius 3 is 1.11 bits per heavy atom. The van der Waals surface area contributed by atoms with Crippen LogP contribution in [0.25, 0.3) is 0 Å². The van der Waals surface area contributed by atoms with Gasteiger partial charge in [-0.25, -0.2) is 29.5 Å². The van der Waals surface area contributed by atoms with Gasteiger partial charge in [0.2, 0.25) is 0 Å². The summed E-state index contributed by atoms with van der Waals surface area (Å²) in [5, 5.41) is 18.8. The van der Waals surface area contributed by atoms with Crippen molar-refractivity contribution in [2.75, 3.05) is 111 Å². The number of carboxylic acid groups (broad SMARTS) is 2. The molecule has 20 nitrogen and oxygen atoms in total. The summed E-state index contributed by atoms with van der Waals surface area (Å²) < 4.78 is 84.1. The van der Waals surface area contributed by atoms with E-state index in [0.29, 0.717) is 63.1 Å². The number of anilines is 4. The lowest BCUT2D eigenvalue weighted by Crippen LogP contribution is -3.14. The van der Waals surface area contributed by atoms with E-state index in [1.54, 1.807) is 9.13 Å². The second-order valence-corrected chi connectivity index (χ2v) is 23.3. The van der Waals surface area contributed by atoms with E-state index < -0.39 is 46.5 Å². The van der Waals surface area contributed by atoms with Gasteiger partial charge in [0, 0.05) is 74.6 Å². The zero-order valence-electron chi connectivity index (χ0n) is 48.1. The first-order valence-electron chi connectivity index (χ1n) is 28.5. The zero-order chi connectivity index (χ0) is 59.8. The first-order chi connectivity index (χ1) is 38.6. The van der Waals surface area contributed by atoms with Crippen molar-refractivity contribution in [2.45, 2.75) is 142 Å². The van der Waals surface area contributed by atoms with Crippen LogP contribution >= 0.6 is 0 Å². The van der Waals surface area contributed by atoms with E-state index in [1.165, 1.54) is 22.6 Å². The highest BCUT2D eigenvalue weighted by molar-refractivity contribution is 5.87. The lowest BCUT2D eigenvalue weighted by atomic mass is 9.95. The molecule has 0 saturated carbocycles. The smallest absolute Gasteiger partial charge is 0.433 e. The highest BCUT2D eigenvalue weighted by atomic mass is 19.4. The van der Waals surface area contributed by atoms with E-state index in [9.17, 15) is 55.7 Å². The van der Waals surface area contributed by atoms with Crippen molar-refractivity contribution < 1.29 is 55.9 Å². The van der Waals surface area contributed by atoms with Crippen LogP contribution in [0.2, 0.25) is 0 Å². The Labute approximate surface area is 474 Å². The molecular formula is C56H80F6N14O6. The molecule has 4 aromatic heterocycles. The number of carbonyl (C=O) groups excluding carboxylic acids is 2. The standard InChI is InChI=1S/2C26H38F3N7O.C4H4O4/c2*1-25(2,3)23-30-20(26(27,28)29)19-22(31-23)35-17-15-33(16-18-35)10-7-8-13-36-14-9-21(32-24(36)37)34-11-5-4-6-12-34;5-3(6)1-2-4(7)8/h2*9,14,19H,4-8,10-13,15-18H2,1-3H3;1-2H,(H,5,6)(H,7,8)/b;;2-1+. The van der Waals surface area contributed by atoms with Crippen LogP contribution in [0.15, 0.2) is 58.4 Å². The molecule has 2 N–H and O–H groups in total. The molecule has 4 aromatic rings. The molecule has 4 saturated heterocycles. The average Bonchev–Trinajstić information content (AvgIpc) is 3.52. The van der Waals surface area contributed by atoms with E-state index in [-0.39, 0.29) is 23.0 Å². The molecule has 82 heavy (non-hydrogen) atoms. The number of hydrogen-bond donors (Lipinski definition) is 2. The molecule has 0 atom stereocenters. The third-order valence-electron chi connectivity index (χ3n) is 14.7. The maximum atomic E-state index is 13.5. The van der Waals surface area contributed by atoms with Crippen LogP contribution in [0, 0.1) is 0 Å². The molecule has 26 heteroatoms. The summed E-state index contributed by atoms with van der Waals surface area (Å²) in [5.74, 6) is -0.407. The minimum Gasteiger partial charge on any atom is -0.545 e. The summed E-state index contributed by atoms with van der Waals surface area (Å²) in [7, 11) is 0. The molecule has 0 bridgehead atoms. The molecule has 452 valence electrons. The minimum absolute atomic E-state index is 0.193. The number of nitrogens with one attached hydrogen (secondary N) is 2. The highest BCUT2D eigenvalue weighted by Crippen LogP contribution is 2.34. The monoisotopic (exact) mass is 1160 g/mol. The Bertz CT molecular complexity index is 2600. The molecule has 4 aliphatic rings. The first-order valence-corrected chi connectivity index (χ1v) is 28.5. The van der Waals surface area contributed by atoms with Gasteiger partial charge in [-0.1, -0.05) is 41.5 Å². The maximum Gasteiger partial charge on any atom is 0.433 e. The third-order valence-corrected chi connectivity index (χ3v) is 14.7. The summed E-state index contributed by atoms with van der Waals surface area (Å²) in [6.07, 6.45) is 6.23. The van der Waals surface area contributed by atoms with Gasteiger partial charge in [-0.05, 0) is 88.5 Å². The van der Waals surface area contributed by atoms with Crippen molar-refractivity contribution in [1.29, 1.82) is 0 Å². The fourth-order valence-electron chi connectivity index (χ4n) is 9.99. The van der Waals surface area contributed by atoms with Crippen molar-refractivity contribution in [3.8, 4) is 0 Å². The Balaban J connectivity index is 0.000000233. The molecule has 0 aliphatic carbocycles. The largest absolute Gasteiger partial charge is 0.545 e. The number of unbranched alkanes of at least 4 members (excludes halogenated alkanes) is 2. The summed E-state index contributed by atoms with van der Waals surface area (Å²) in [4.78, 5) is 80.0. The number of alkyl halides is 6. The van der Waals surface area contributed by atoms with E-state index >= 15 is 0 Å². The highest BCUT2D eigenvalue weighted by Gasteiger charge is 2.38. The molecule has 4 aliphatic heterocycles. The van der Waals surface area contributed by atoms with Crippen molar-refractivity contribution in [2.24, 2.45) is 0 Å². The topological polar surface area (TPSA) is 223 Å². The van der Waals surface area contributed by atoms with Crippen LogP contribution in [-0.4, -0.2) is 143 Å². The minimum atomic E-state index is -4.50. The number of halogens is 6. The normalized spacial score (nSPS) is 17.1. The lowest BCUT2D eigenvalue weighted by Gasteiger charge is -2.33. The number of aryl methyl sites for hydroxylation is 2. The number of carboxylic acids is 2. The van der Waals surface area contributed by atoms with Gasteiger partial charge < -0.3 is 49.2 Å². The van der Waals surface area contributed by atoms with Gasteiger partial charge in [0.05, 0.1) is 77.4 Å². The van der Waals surface area contributed by atoms with Crippen LogP contribution in [0.1, 0.15) is 129 Å². The second-order valence-electron chi connectivity index (χ2n) is 23.3. The average molecular weight is 1160 g/mol. The molecule has 0 radical (unpaired) electrons. The van der Waals surface area contributed by atoms with Gasteiger partial charge in [-0.2, -0.15) is 36.3 Å². The second kappa shape index (κ2) is 29.0. The van der Waals surface area contributed by atoms with Crippen molar-refractivity contribution >= 4 is 35.2 Å². The molecule has 0 spiro atoms. The first kappa shape index (κ1) is 64.5. The van der Waals surface area contributed by atoms with Gasteiger partial charge in [-0.15, -0.1) is 0 Å².